The predicted molar refractivity (Wildman–Crippen MR) is 156 cm³/mol. The highest BCUT2D eigenvalue weighted by atomic mass is 32.2. The van der Waals surface area contributed by atoms with Crippen LogP contribution in [-0.4, -0.2) is 41.6 Å². The molecule has 2 atom stereocenters. The molecule has 5 nitrogen and oxygen atoms in total. The maximum Gasteiger partial charge on any atom is 0.326 e. The van der Waals surface area contributed by atoms with Gasteiger partial charge in [0.05, 0.1) is 0 Å². The van der Waals surface area contributed by atoms with Gasteiger partial charge in [-0.3, -0.25) is 4.79 Å². The molecule has 0 fully saturated rings. The summed E-state index contributed by atoms with van der Waals surface area (Å²) in [6.07, 6.45) is 1.95. The van der Waals surface area contributed by atoms with Gasteiger partial charge in [-0.2, -0.15) is 11.8 Å². The summed E-state index contributed by atoms with van der Waals surface area (Å²) in [5, 5.41) is 14.7. The molecule has 2 N–H and O–H groups in total. The van der Waals surface area contributed by atoms with Crippen molar-refractivity contribution in [2.75, 3.05) is 18.6 Å². The van der Waals surface area contributed by atoms with E-state index in [-0.39, 0.29) is 6.10 Å². The minimum Gasteiger partial charge on any atom is -0.480 e. The molecule has 38 heavy (non-hydrogen) atoms. The number of fused-ring (bicyclic) bond motifs is 1. The molecule has 0 aliphatic rings. The molecule has 1 amide bonds. The quantitative estimate of drug-likeness (QED) is 0.222. The molecule has 0 saturated heterocycles. The number of thioether (sulfide) groups is 1. The SMILES string of the molecule is CCOC(c1ccc(C(=O)N[C@@H](CCSC)C(=O)O)c(-c2ccccc2C)c1)c1ccc2ccccc2c1. The average molecular weight is 528 g/mol. The Balaban J connectivity index is 1.79. The molecule has 1 unspecified atom stereocenters. The monoisotopic (exact) mass is 527 g/mol. The maximum atomic E-state index is 13.4. The first-order chi connectivity index (χ1) is 18.4. The summed E-state index contributed by atoms with van der Waals surface area (Å²) in [6, 6.07) is 27.2. The number of carbonyl (C=O) groups excluding carboxylic acids is 1. The van der Waals surface area contributed by atoms with E-state index in [2.05, 4.69) is 35.6 Å². The summed E-state index contributed by atoms with van der Waals surface area (Å²) < 4.78 is 6.24. The molecule has 0 saturated carbocycles. The summed E-state index contributed by atoms with van der Waals surface area (Å²) in [5.41, 5.74) is 5.08. The zero-order valence-corrected chi connectivity index (χ0v) is 22.8. The van der Waals surface area contributed by atoms with E-state index in [1.165, 1.54) is 0 Å². The highest BCUT2D eigenvalue weighted by Gasteiger charge is 2.24. The fourth-order valence-corrected chi connectivity index (χ4v) is 5.14. The molecule has 0 aromatic heterocycles. The standard InChI is InChI=1S/C32H33NO4S/c1-4-37-30(24-14-13-22-10-6-7-11-23(22)19-24)25-15-16-27(28(20-25)26-12-8-5-9-21(26)2)31(34)33-29(32(35)36)17-18-38-3/h5-16,19-20,29-30H,4,17-18H2,1-3H3,(H,33,34)(H,35,36)/t29-,30?/m0/s1. The lowest BCUT2D eigenvalue weighted by atomic mass is 9.90. The minimum atomic E-state index is -1.03. The maximum absolute atomic E-state index is 13.4. The summed E-state index contributed by atoms with van der Waals surface area (Å²) in [7, 11) is 0. The third-order valence-electron chi connectivity index (χ3n) is 6.65. The second-order valence-electron chi connectivity index (χ2n) is 9.21. The fraction of sp³-hybridized carbons (Fsp3) is 0.250. The molecular weight excluding hydrogens is 494 g/mol. The van der Waals surface area contributed by atoms with Gasteiger partial charge in [0.1, 0.15) is 12.1 Å². The van der Waals surface area contributed by atoms with Crippen LogP contribution < -0.4 is 5.32 Å². The first-order valence-corrected chi connectivity index (χ1v) is 14.1. The smallest absolute Gasteiger partial charge is 0.326 e. The molecule has 4 aromatic carbocycles. The van der Waals surface area contributed by atoms with E-state index in [1.807, 2.05) is 68.6 Å². The second kappa shape index (κ2) is 12.8. The molecule has 4 aromatic rings. The van der Waals surface area contributed by atoms with Crippen LogP contribution in [0.4, 0.5) is 0 Å². The summed E-state index contributed by atoms with van der Waals surface area (Å²) in [6.45, 7) is 4.50. The summed E-state index contributed by atoms with van der Waals surface area (Å²) in [5.74, 6) is -0.793. The van der Waals surface area contributed by atoms with Gasteiger partial charge in [-0.1, -0.05) is 66.7 Å². The van der Waals surface area contributed by atoms with Crippen molar-refractivity contribution in [2.45, 2.75) is 32.4 Å². The number of carboxylic acid groups (broad SMARTS) is 1. The first-order valence-electron chi connectivity index (χ1n) is 12.8. The Bertz CT molecular complexity index is 1430. The largest absolute Gasteiger partial charge is 0.480 e. The van der Waals surface area contributed by atoms with E-state index in [9.17, 15) is 14.7 Å². The number of aryl methyl sites for hydroxylation is 1. The van der Waals surface area contributed by atoms with E-state index in [1.54, 1.807) is 17.8 Å². The number of carboxylic acids is 1. The van der Waals surface area contributed by atoms with Crippen LogP contribution in [-0.2, 0) is 9.53 Å². The Hall–Kier alpha value is -3.61. The third-order valence-corrected chi connectivity index (χ3v) is 7.29. The number of aliphatic carboxylic acids is 1. The number of hydrogen-bond donors (Lipinski definition) is 2. The molecular formula is C32H33NO4S. The lowest BCUT2D eigenvalue weighted by Crippen LogP contribution is -2.41. The molecule has 0 aliphatic carbocycles. The van der Waals surface area contributed by atoms with Crippen molar-refractivity contribution in [3.8, 4) is 11.1 Å². The number of amides is 1. The fourth-order valence-electron chi connectivity index (χ4n) is 4.67. The van der Waals surface area contributed by atoms with Crippen LogP contribution in [0.25, 0.3) is 21.9 Å². The van der Waals surface area contributed by atoms with Gasteiger partial charge < -0.3 is 15.2 Å². The van der Waals surface area contributed by atoms with E-state index in [0.717, 1.165) is 38.6 Å². The van der Waals surface area contributed by atoms with E-state index >= 15 is 0 Å². The van der Waals surface area contributed by atoms with Crippen LogP contribution in [0.2, 0.25) is 0 Å². The van der Waals surface area contributed by atoms with Crippen LogP contribution >= 0.6 is 11.8 Å². The van der Waals surface area contributed by atoms with Gasteiger partial charge in [0, 0.05) is 12.2 Å². The number of benzene rings is 4. The van der Waals surface area contributed by atoms with Gasteiger partial charge in [-0.15, -0.1) is 0 Å². The van der Waals surface area contributed by atoms with Crippen molar-refractivity contribution in [3.05, 3.63) is 107 Å². The van der Waals surface area contributed by atoms with Gasteiger partial charge in [-0.25, -0.2) is 4.79 Å². The van der Waals surface area contributed by atoms with Gasteiger partial charge in [-0.05, 0) is 89.1 Å². The number of hydrogen-bond acceptors (Lipinski definition) is 4. The molecule has 0 bridgehead atoms. The Morgan fingerprint density at radius 2 is 1.58 bits per heavy atom. The number of carbonyl (C=O) groups is 2. The molecule has 0 heterocycles. The third kappa shape index (κ3) is 6.26. The van der Waals surface area contributed by atoms with E-state index in [4.69, 9.17) is 4.74 Å². The molecule has 0 spiro atoms. The van der Waals surface area contributed by atoms with Crippen molar-refractivity contribution in [1.82, 2.24) is 5.32 Å². The normalized spacial score (nSPS) is 12.7. The zero-order valence-electron chi connectivity index (χ0n) is 21.9. The first kappa shape index (κ1) is 27.4. The van der Waals surface area contributed by atoms with E-state index < -0.39 is 17.9 Å². The van der Waals surface area contributed by atoms with Crippen molar-refractivity contribution in [1.29, 1.82) is 0 Å². The highest BCUT2D eigenvalue weighted by molar-refractivity contribution is 7.98. The second-order valence-corrected chi connectivity index (χ2v) is 10.2. The molecule has 196 valence electrons. The summed E-state index contributed by atoms with van der Waals surface area (Å²) in [4.78, 5) is 25.2. The van der Waals surface area contributed by atoms with Crippen LogP contribution in [0, 0.1) is 6.92 Å². The molecule has 0 aliphatic heterocycles. The summed E-state index contributed by atoms with van der Waals surface area (Å²) >= 11 is 1.55. The van der Waals surface area contributed by atoms with Crippen molar-refractivity contribution < 1.29 is 19.4 Å². The van der Waals surface area contributed by atoms with Crippen LogP contribution in [0.1, 0.15) is 46.5 Å². The topological polar surface area (TPSA) is 75.6 Å². The van der Waals surface area contributed by atoms with Gasteiger partial charge in [0.25, 0.3) is 5.91 Å². The highest BCUT2D eigenvalue weighted by Crippen LogP contribution is 2.34. The van der Waals surface area contributed by atoms with Crippen molar-refractivity contribution in [3.63, 3.8) is 0 Å². The minimum absolute atomic E-state index is 0.321. The Morgan fingerprint density at radius 1 is 0.895 bits per heavy atom. The molecule has 4 rings (SSSR count). The Labute approximate surface area is 228 Å². The lowest BCUT2D eigenvalue weighted by molar-refractivity contribution is -0.139. The van der Waals surface area contributed by atoms with E-state index in [0.29, 0.717) is 24.3 Å². The zero-order chi connectivity index (χ0) is 27.1. The van der Waals surface area contributed by atoms with Crippen LogP contribution in [0.5, 0.6) is 0 Å². The Kier molecular flexibility index (Phi) is 9.21. The predicted octanol–water partition coefficient (Wildman–Crippen LogP) is 6.88. The Morgan fingerprint density at radius 3 is 2.29 bits per heavy atom. The van der Waals surface area contributed by atoms with Crippen LogP contribution in [0.3, 0.4) is 0 Å². The number of rotatable bonds is 11. The lowest BCUT2D eigenvalue weighted by Gasteiger charge is -2.22. The molecule has 0 radical (unpaired) electrons. The van der Waals surface area contributed by atoms with Crippen molar-refractivity contribution in [2.24, 2.45) is 0 Å². The average Bonchev–Trinajstić information content (AvgIpc) is 2.93. The van der Waals surface area contributed by atoms with Gasteiger partial charge >= 0.3 is 5.97 Å². The van der Waals surface area contributed by atoms with Gasteiger partial charge in [0.15, 0.2) is 0 Å². The van der Waals surface area contributed by atoms with Crippen molar-refractivity contribution >= 4 is 34.4 Å². The molecule has 6 heteroatoms. The van der Waals surface area contributed by atoms with Crippen LogP contribution in [0.15, 0.2) is 84.9 Å². The number of ether oxygens (including phenoxy) is 1. The van der Waals surface area contributed by atoms with Gasteiger partial charge in [0.2, 0.25) is 0 Å². The number of nitrogens with one attached hydrogen (secondary N) is 1.